The molecule has 4 aromatic carbocycles. The Morgan fingerprint density at radius 1 is 0.846 bits per heavy atom. The molecule has 0 aliphatic heterocycles. The van der Waals surface area contributed by atoms with Crippen LogP contribution in [0.2, 0.25) is 0 Å². The number of benzene rings is 4. The smallest absolute Gasteiger partial charge is 0.363 e. The quantitative estimate of drug-likeness (QED) is 0.343. The van der Waals surface area contributed by atoms with Gasteiger partial charge in [-0.2, -0.15) is 0 Å². The zero-order chi connectivity index (χ0) is 18.3. The van der Waals surface area contributed by atoms with Crippen molar-refractivity contribution >= 4 is 39.9 Å². The first kappa shape index (κ1) is 17.4. The topological polar surface area (TPSA) is 55.8 Å². The van der Waals surface area contributed by atoms with Gasteiger partial charge in [0.15, 0.2) is 5.85 Å². The summed E-state index contributed by atoms with van der Waals surface area (Å²) in [6.07, 6.45) is 0. The van der Waals surface area contributed by atoms with E-state index in [0.717, 1.165) is 32.3 Å². The molecule has 0 radical (unpaired) electrons. The van der Waals surface area contributed by atoms with Crippen LogP contribution in [0.4, 0.5) is 0 Å². The molecule has 0 spiro atoms. The first-order valence-corrected chi connectivity index (χ1v) is 10.4. The van der Waals surface area contributed by atoms with Gasteiger partial charge in [-0.1, -0.05) is 54.6 Å². The lowest BCUT2D eigenvalue weighted by Gasteiger charge is -2.24. The predicted octanol–water partition coefficient (Wildman–Crippen LogP) is 5.84. The van der Waals surface area contributed by atoms with Gasteiger partial charge in [-0.15, -0.1) is 0 Å². The zero-order valence-corrected chi connectivity index (χ0v) is 15.7. The first-order chi connectivity index (χ1) is 12.6. The van der Waals surface area contributed by atoms with Gasteiger partial charge in [0.25, 0.3) is 0 Å². The zero-order valence-electron chi connectivity index (χ0n) is 14.8. The molecule has 5 heteroatoms. The summed E-state index contributed by atoms with van der Waals surface area (Å²) < 4.78 is 23.8. The second-order valence-corrected chi connectivity index (χ2v) is 8.35. The molecule has 0 aromatic heterocycles. The Kier molecular flexibility index (Phi) is 4.45. The Labute approximate surface area is 152 Å². The minimum Gasteiger partial charge on any atom is -0.376 e. The molecule has 0 aliphatic carbocycles. The van der Waals surface area contributed by atoms with Crippen LogP contribution in [-0.4, -0.2) is 18.3 Å². The Bertz CT molecular complexity index is 1100. The van der Waals surface area contributed by atoms with E-state index in [1.807, 2.05) is 30.3 Å². The maximum Gasteiger partial charge on any atom is 0.363 e. The molecule has 4 nitrogen and oxygen atoms in total. The first-order valence-electron chi connectivity index (χ1n) is 8.82. The van der Waals surface area contributed by atoms with Gasteiger partial charge in [-0.05, 0) is 46.2 Å². The molecular formula is C21H21O4P. The minimum atomic E-state index is -3.67. The van der Waals surface area contributed by atoms with E-state index < -0.39 is 13.4 Å². The molecule has 0 bridgehead atoms. The van der Waals surface area contributed by atoms with Gasteiger partial charge >= 0.3 is 7.60 Å². The fraction of sp³-hybridized carbons (Fsp3) is 0.238. The average molecular weight is 368 g/mol. The van der Waals surface area contributed by atoms with Crippen molar-refractivity contribution in [3.05, 3.63) is 60.2 Å². The fourth-order valence-corrected chi connectivity index (χ4v) is 5.33. The van der Waals surface area contributed by atoms with Gasteiger partial charge < -0.3 is 14.2 Å². The number of hydrogen-bond donors (Lipinski definition) is 1. The Balaban J connectivity index is 2.00. The van der Waals surface area contributed by atoms with Crippen LogP contribution in [0.25, 0.3) is 32.3 Å². The summed E-state index contributed by atoms with van der Waals surface area (Å²) in [6.45, 7) is 3.89. The molecule has 1 N–H and O–H groups in total. The van der Waals surface area contributed by atoms with Crippen molar-refractivity contribution in [3.63, 3.8) is 0 Å². The van der Waals surface area contributed by atoms with Crippen LogP contribution in [0.1, 0.15) is 25.3 Å². The SMILES string of the molecule is CCOP(=O)(OCC)C(O)c1ccc2ccc3cccc4ccc1c2c34. The van der Waals surface area contributed by atoms with E-state index in [1.54, 1.807) is 13.8 Å². The Hall–Kier alpha value is -1.97. The maximum atomic E-state index is 13.1. The standard InChI is InChI=1S/C21H21O4P/c1-3-24-26(23,25-4-2)21(22)18-13-11-16-9-8-14-6-5-7-15-10-12-17(18)20(16)19(14)15/h5-13,21-22H,3-4H2,1-2H3. The van der Waals surface area contributed by atoms with E-state index in [9.17, 15) is 9.67 Å². The molecule has 0 heterocycles. The highest BCUT2D eigenvalue weighted by Crippen LogP contribution is 2.60. The van der Waals surface area contributed by atoms with E-state index in [4.69, 9.17) is 9.05 Å². The summed E-state index contributed by atoms with van der Waals surface area (Å²) in [6, 6.07) is 18.2. The number of aliphatic hydroxyl groups is 1. The third-order valence-electron chi connectivity index (χ3n) is 4.76. The Morgan fingerprint density at radius 3 is 2.00 bits per heavy atom. The predicted molar refractivity (Wildman–Crippen MR) is 106 cm³/mol. The van der Waals surface area contributed by atoms with Gasteiger partial charge in [0, 0.05) is 5.56 Å². The average Bonchev–Trinajstić information content (AvgIpc) is 2.66. The highest BCUT2D eigenvalue weighted by molar-refractivity contribution is 7.54. The third kappa shape index (κ3) is 2.62. The van der Waals surface area contributed by atoms with E-state index >= 15 is 0 Å². The molecule has 0 saturated heterocycles. The summed E-state index contributed by atoms with van der Waals surface area (Å²) in [4.78, 5) is 0. The van der Waals surface area contributed by atoms with Gasteiger partial charge in [0.05, 0.1) is 13.2 Å². The van der Waals surface area contributed by atoms with Crippen LogP contribution >= 0.6 is 7.60 Å². The van der Waals surface area contributed by atoms with Gasteiger partial charge in [-0.25, -0.2) is 0 Å². The van der Waals surface area contributed by atoms with Crippen LogP contribution in [0.15, 0.2) is 54.6 Å². The largest absolute Gasteiger partial charge is 0.376 e. The summed E-state index contributed by atoms with van der Waals surface area (Å²) in [7, 11) is -3.67. The van der Waals surface area contributed by atoms with Crippen molar-refractivity contribution in [2.75, 3.05) is 13.2 Å². The summed E-state index contributed by atoms with van der Waals surface area (Å²) in [5.41, 5.74) is 0.570. The molecule has 134 valence electrons. The number of hydrogen-bond acceptors (Lipinski definition) is 4. The fourth-order valence-electron chi connectivity index (χ4n) is 3.69. The van der Waals surface area contributed by atoms with Crippen LogP contribution < -0.4 is 0 Å². The Morgan fingerprint density at radius 2 is 1.38 bits per heavy atom. The molecular weight excluding hydrogens is 347 g/mol. The molecule has 26 heavy (non-hydrogen) atoms. The van der Waals surface area contributed by atoms with Crippen molar-refractivity contribution in [2.45, 2.75) is 19.7 Å². The van der Waals surface area contributed by atoms with Gasteiger partial charge in [0.2, 0.25) is 0 Å². The van der Waals surface area contributed by atoms with Crippen LogP contribution in [0.5, 0.6) is 0 Å². The highest BCUT2D eigenvalue weighted by atomic mass is 31.2. The molecule has 1 atom stereocenters. The minimum absolute atomic E-state index is 0.209. The molecule has 0 aliphatic rings. The van der Waals surface area contributed by atoms with Crippen molar-refractivity contribution in [1.82, 2.24) is 0 Å². The monoisotopic (exact) mass is 368 g/mol. The van der Waals surface area contributed by atoms with E-state index in [1.165, 1.54) is 0 Å². The molecule has 0 amide bonds. The normalized spacial score (nSPS) is 13.8. The summed E-state index contributed by atoms with van der Waals surface area (Å²) in [5.74, 6) is -1.33. The van der Waals surface area contributed by atoms with E-state index in [2.05, 4.69) is 24.3 Å². The molecule has 4 rings (SSSR count). The number of rotatable bonds is 6. The third-order valence-corrected chi connectivity index (χ3v) is 6.87. The lowest BCUT2D eigenvalue weighted by Crippen LogP contribution is -2.07. The van der Waals surface area contributed by atoms with E-state index in [0.29, 0.717) is 5.56 Å². The molecule has 4 aromatic rings. The molecule has 0 saturated carbocycles. The molecule has 1 unspecified atom stereocenters. The lowest BCUT2D eigenvalue weighted by atomic mass is 9.92. The van der Waals surface area contributed by atoms with Crippen molar-refractivity contribution in [3.8, 4) is 0 Å². The number of aliphatic hydroxyl groups excluding tert-OH is 1. The maximum absolute atomic E-state index is 13.1. The highest BCUT2D eigenvalue weighted by Gasteiger charge is 2.36. The summed E-state index contributed by atoms with van der Waals surface area (Å²) in [5, 5.41) is 17.4. The van der Waals surface area contributed by atoms with Crippen LogP contribution in [0, 0.1) is 0 Å². The van der Waals surface area contributed by atoms with Gasteiger partial charge in [-0.3, -0.25) is 4.57 Å². The van der Waals surface area contributed by atoms with Crippen molar-refractivity contribution in [2.24, 2.45) is 0 Å². The second kappa shape index (κ2) is 6.64. The van der Waals surface area contributed by atoms with Crippen molar-refractivity contribution in [1.29, 1.82) is 0 Å². The second-order valence-electron chi connectivity index (χ2n) is 6.26. The summed E-state index contributed by atoms with van der Waals surface area (Å²) >= 11 is 0. The van der Waals surface area contributed by atoms with Crippen molar-refractivity contribution < 1.29 is 18.7 Å². The van der Waals surface area contributed by atoms with Crippen LogP contribution in [-0.2, 0) is 13.6 Å². The van der Waals surface area contributed by atoms with Crippen LogP contribution in [0.3, 0.4) is 0 Å². The molecule has 0 fully saturated rings. The van der Waals surface area contributed by atoms with Gasteiger partial charge in [0.1, 0.15) is 0 Å². The van der Waals surface area contributed by atoms with E-state index in [-0.39, 0.29) is 13.2 Å². The lowest BCUT2D eigenvalue weighted by molar-refractivity contribution is 0.151.